The van der Waals surface area contributed by atoms with Gasteiger partial charge in [-0.2, -0.15) is 0 Å². The number of carbonyl (C=O) groups excluding carboxylic acids is 2. The van der Waals surface area contributed by atoms with Crippen LogP contribution in [0.4, 0.5) is 4.39 Å². The second kappa shape index (κ2) is 9.48. The first kappa shape index (κ1) is 20.9. The molecule has 0 aromatic heterocycles. The van der Waals surface area contributed by atoms with Gasteiger partial charge in [0.2, 0.25) is 0 Å². The molecule has 1 aliphatic rings. The molecule has 0 atom stereocenters. The smallest absolute Gasteiger partial charge is 0.256 e. The fourth-order valence-corrected chi connectivity index (χ4v) is 3.09. The summed E-state index contributed by atoms with van der Waals surface area (Å²) in [6.07, 6.45) is 0.660. The van der Waals surface area contributed by atoms with Crippen molar-refractivity contribution in [3.63, 3.8) is 0 Å². The lowest BCUT2D eigenvalue weighted by Gasteiger charge is -2.22. The van der Waals surface area contributed by atoms with Crippen molar-refractivity contribution in [3.8, 4) is 0 Å². The van der Waals surface area contributed by atoms with E-state index in [0.717, 1.165) is 5.56 Å². The van der Waals surface area contributed by atoms with E-state index in [-0.39, 0.29) is 29.8 Å². The minimum absolute atomic E-state index is 0. The third-order valence-electron chi connectivity index (χ3n) is 4.61. The van der Waals surface area contributed by atoms with Gasteiger partial charge in [0.25, 0.3) is 11.8 Å². The van der Waals surface area contributed by atoms with Gasteiger partial charge in [-0.1, -0.05) is 24.3 Å². The maximum atomic E-state index is 13.9. The van der Waals surface area contributed by atoms with Crippen molar-refractivity contribution in [1.82, 2.24) is 9.80 Å². The van der Waals surface area contributed by atoms with Crippen LogP contribution in [-0.2, 0) is 6.54 Å². The molecule has 2 N–H and O–H groups in total. The molecule has 0 aliphatic carbocycles. The molecular weight excluding hydrogens is 369 g/mol. The molecule has 0 bridgehead atoms. The van der Waals surface area contributed by atoms with E-state index in [1.54, 1.807) is 34.1 Å². The molecule has 2 aromatic carbocycles. The number of rotatable bonds is 3. The van der Waals surface area contributed by atoms with Gasteiger partial charge in [0.1, 0.15) is 5.82 Å². The van der Waals surface area contributed by atoms with Gasteiger partial charge in [-0.05, 0) is 36.2 Å². The standard InChI is InChI=1S/C20H22FN3O2.ClH/c21-18-5-2-1-4-17(18)20(26)24-11-3-10-23(12-13-24)19(25)16-8-6-15(14-22)7-9-16;/h1-2,4-9H,3,10-14,22H2;1H. The topological polar surface area (TPSA) is 66.6 Å². The van der Waals surface area contributed by atoms with Crippen molar-refractivity contribution in [1.29, 1.82) is 0 Å². The van der Waals surface area contributed by atoms with E-state index in [4.69, 9.17) is 5.73 Å². The van der Waals surface area contributed by atoms with Gasteiger partial charge in [-0.15, -0.1) is 12.4 Å². The highest BCUT2D eigenvalue weighted by molar-refractivity contribution is 5.95. The second-order valence-corrected chi connectivity index (χ2v) is 6.32. The quantitative estimate of drug-likeness (QED) is 0.874. The number of benzene rings is 2. The highest BCUT2D eigenvalue weighted by Gasteiger charge is 2.24. The Morgan fingerprint density at radius 1 is 0.889 bits per heavy atom. The lowest BCUT2D eigenvalue weighted by atomic mass is 10.1. The molecule has 1 saturated heterocycles. The van der Waals surface area contributed by atoms with Gasteiger partial charge in [-0.25, -0.2) is 4.39 Å². The number of nitrogens with two attached hydrogens (primary N) is 1. The van der Waals surface area contributed by atoms with Crippen molar-refractivity contribution in [2.75, 3.05) is 26.2 Å². The van der Waals surface area contributed by atoms with Gasteiger partial charge in [0.05, 0.1) is 5.56 Å². The van der Waals surface area contributed by atoms with Crippen molar-refractivity contribution in [2.45, 2.75) is 13.0 Å². The van der Waals surface area contributed by atoms with Crippen LogP contribution in [0.5, 0.6) is 0 Å². The predicted octanol–water partition coefficient (Wildman–Crippen LogP) is 2.69. The highest BCUT2D eigenvalue weighted by atomic mass is 35.5. The van der Waals surface area contributed by atoms with Crippen molar-refractivity contribution in [3.05, 3.63) is 71.0 Å². The molecule has 2 aromatic rings. The number of carbonyl (C=O) groups is 2. The Labute approximate surface area is 164 Å². The van der Waals surface area contributed by atoms with Crippen LogP contribution in [-0.4, -0.2) is 47.8 Å². The maximum Gasteiger partial charge on any atom is 0.256 e. The Kier molecular flexibility index (Phi) is 7.33. The SMILES string of the molecule is Cl.NCc1ccc(C(=O)N2CCCN(C(=O)c3ccccc3F)CC2)cc1. The van der Waals surface area contributed by atoms with Gasteiger partial charge >= 0.3 is 0 Å². The van der Waals surface area contributed by atoms with Crippen LogP contribution in [0.3, 0.4) is 0 Å². The predicted molar refractivity (Wildman–Crippen MR) is 104 cm³/mol. The summed E-state index contributed by atoms with van der Waals surface area (Å²) in [6, 6.07) is 13.2. The molecular formula is C20H23ClFN3O2. The van der Waals surface area contributed by atoms with Gasteiger partial charge in [-0.3, -0.25) is 9.59 Å². The van der Waals surface area contributed by atoms with Gasteiger partial charge in [0.15, 0.2) is 0 Å². The second-order valence-electron chi connectivity index (χ2n) is 6.32. The van der Waals surface area contributed by atoms with Crippen LogP contribution in [0, 0.1) is 5.82 Å². The minimum atomic E-state index is -0.519. The molecule has 7 heteroatoms. The summed E-state index contributed by atoms with van der Waals surface area (Å²) in [6.45, 7) is 2.32. The summed E-state index contributed by atoms with van der Waals surface area (Å²) >= 11 is 0. The van der Waals surface area contributed by atoms with E-state index in [0.29, 0.717) is 44.7 Å². The largest absolute Gasteiger partial charge is 0.337 e. The Morgan fingerprint density at radius 2 is 1.48 bits per heavy atom. The molecule has 1 fully saturated rings. The zero-order valence-electron chi connectivity index (χ0n) is 14.9. The van der Waals surface area contributed by atoms with E-state index >= 15 is 0 Å². The molecule has 0 spiro atoms. The van der Waals surface area contributed by atoms with Crippen LogP contribution in [0.1, 0.15) is 32.7 Å². The third-order valence-corrected chi connectivity index (χ3v) is 4.61. The molecule has 2 amide bonds. The molecule has 1 heterocycles. The number of nitrogens with zero attached hydrogens (tertiary/aromatic N) is 2. The summed E-state index contributed by atoms with van der Waals surface area (Å²) in [5.74, 6) is -0.909. The molecule has 27 heavy (non-hydrogen) atoms. The maximum absolute atomic E-state index is 13.9. The number of hydrogen-bond donors (Lipinski definition) is 1. The normalized spacial score (nSPS) is 14.3. The minimum Gasteiger partial charge on any atom is -0.337 e. The average molecular weight is 392 g/mol. The monoisotopic (exact) mass is 391 g/mol. The molecule has 5 nitrogen and oxygen atoms in total. The lowest BCUT2D eigenvalue weighted by Crippen LogP contribution is -2.37. The first-order valence-electron chi connectivity index (χ1n) is 8.72. The fraction of sp³-hybridized carbons (Fsp3) is 0.300. The van der Waals surface area contributed by atoms with E-state index in [1.807, 2.05) is 12.1 Å². The summed E-state index contributed by atoms with van der Waals surface area (Å²) in [4.78, 5) is 28.6. The first-order chi connectivity index (χ1) is 12.6. The lowest BCUT2D eigenvalue weighted by molar-refractivity contribution is 0.0716. The first-order valence-corrected chi connectivity index (χ1v) is 8.72. The summed E-state index contributed by atoms with van der Waals surface area (Å²) < 4.78 is 13.9. The molecule has 1 aliphatic heterocycles. The van der Waals surface area contributed by atoms with E-state index in [9.17, 15) is 14.0 Å². The van der Waals surface area contributed by atoms with E-state index in [2.05, 4.69) is 0 Å². The Hall–Kier alpha value is -2.44. The van der Waals surface area contributed by atoms with Gasteiger partial charge < -0.3 is 15.5 Å². The zero-order chi connectivity index (χ0) is 18.5. The summed E-state index contributed by atoms with van der Waals surface area (Å²) in [5, 5.41) is 0. The van der Waals surface area contributed by atoms with Crippen LogP contribution >= 0.6 is 12.4 Å². The summed E-state index contributed by atoms with van der Waals surface area (Å²) in [5.41, 5.74) is 7.23. The number of amides is 2. The van der Waals surface area contributed by atoms with Crippen LogP contribution in [0.15, 0.2) is 48.5 Å². The van der Waals surface area contributed by atoms with Crippen LogP contribution in [0.25, 0.3) is 0 Å². The molecule has 3 rings (SSSR count). The molecule has 0 saturated carbocycles. The Bertz CT molecular complexity index is 798. The molecule has 144 valence electrons. The average Bonchev–Trinajstić information content (AvgIpc) is 2.93. The van der Waals surface area contributed by atoms with E-state index < -0.39 is 5.82 Å². The third kappa shape index (κ3) is 4.84. The summed E-state index contributed by atoms with van der Waals surface area (Å²) in [7, 11) is 0. The Morgan fingerprint density at radius 3 is 2.07 bits per heavy atom. The van der Waals surface area contributed by atoms with Crippen LogP contribution in [0.2, 0.25) is 0 Å². The number of halogens is 2. The van der Waals surface area contributed by atoms with Crippen molar-refractivity contribution in [2.24, 2.45) is 5.73 Å². The highest BCUT2D eigenvalue weighted by Crippen LogP contribution is 2.14. The van der Waals surface area contributed by atoms with Crippen molar-refractivity contribution >= 4 is 24.2 Å². The Balaban J connectivity index is 0.00000261. The fourth-order valence-electron chi connectivity index (χ4n) is 3.09. The van der Waals surface area contributed by atoms with E-state index in [1.165, 1.54) is 12.1 Å². The zero-order valence-corrected chi connectivity index (χ0v) is 15.8. The van der Waals surface area contributed by atoms with Gasteiger partial charge in [0, 0.05) is 38.3 Å². The molecule has 0 unspecified atom stereocenters. The van der Waals surface area contributed by atoms with Crippen LogP contribution < -0.4 is 5.73 Å². The molecule has 0 radical (unpaired) electrons. The van der Waals surface area contributed by atoms with Crippen molar-refractivity contribution < 1.29 is 14.0 Å². The number of hydrogen-bond acceptors (Lipinski definition) is 3.